The highest BCUT2D eigenvalue weighted by molar-refractivity contribution is 5.97. The summed E-state index contributed by atoms with van der Waals surface area (Å²) in [6.45, 7) is 4.80. The van der Waals surface area contributed by atoms with Gasteiger partial charge in [0, 0.05) is 37.8 Å². The first kappa shape index (κ1) is 36.9. The summed E-state index contributed by atoms with van der Waals surface area (Å²) in [6.07, 6.45) is 7.60. The fourth-order valence-corrected chi connectivity index (χ4v) is 6.40. The van der Waals surface area contributed by atoms with Crippen molar-refractivity contribution >= 4 is 35.6 Å². The number of nitrogens with one attached hydrogen (secondary N) is 3. The molecule has 49 heavy (non-hydrogen) atoms. The number of carboxylic acids is 1. The van der Waals surface area contributed by atoms with Crippen molar-refractivity contribution in [3.05, 3.63) is 60.2 Å². The van der Waals surface area contributed by atoms with Gasteiger partial charge < -0.3 is 30.7 Å². The van der Waals surface area contributed by atoms with Crippen molar-refractivity contribution in [1.29, 1.82) is 0 Å². The Morgan fingerprint density at radius 2 is 1.71 bits per heavy atom. The number of hydrogen-bond donors (Lipinski definition) is 4. The molecule has 4 N–H and O–H groups in total. The first-order chi connectivity index (χ1) is 23.3. The quantitative estimate of drug-likeness (QED) is 0.244. The van der Waals surface area contributed by atoms with Crippen LogP contribution in [0.4, 0.5) is 4.79 Å². The molecule has 1 aliphatic carbocycles. The number of benzene rings is 1. The molecule has 1 aliphatic heterocycles. The van der Waals surface area contributed by atoms with Crippen molar-refractivity contribution in [3.8, 4) is 0 Å². The second kappa shape index (κ2) is 17.0. The second-order valence-electron chi connectivity index (χ2n) is 13.8. The monoisotopic (exact) mass is 678 g/mol. The number of ketones is 1. The lowest BCUT2D eigenvalue weighted by atomic mass is 9.74. The van der Waals surface area contributed by atoms with E-state index in [0.717, 1.165) is 37.7 Å². The van der Waals surface area contributed by atoms with E-state index in [2.05, 4.69) is 25.9 Å². The van der Waals surface area contributed by atoms with E-state index in [4.69, 9.17) is 4.74 Å². The predicted molar refractivity (Wildman–Crippen MR) is 177 cm³/mol. The predicted octanol–water partition coefficient (Wildman–Crippen LogP) is 2.73. The molecule has 2 heterocycles. The molecular weight excluding hydrogens is 632 g/mol. The van der Waals surface area contributed by atoms with Crippen molar-refractivity contribution < 1.29 is 38.6 Å². The Balaban J connectivity index is 1.39. The average Bonchev–Trinajstić information content (AvgIpc) is 3.52. The van der Waals surface area contributed by atoms with Gasteiger partial charge in [-0.05, 0) is 29.7 Å². The van der Waals surface area contributed by atoms with Crippen LogP contribution in [-0.4, -0.2) is 87.3 Å². The van der Waals surface area contributed by atoms with Gasteiger partial charge >= 0.3 is 12.1 Å². The minimum Gasteiger partial charge on any atom is -0.481 e. The minimum atomic E-state index is -1.19. The van der Waals surface area contributed by atoms with E-state index in [1.54, 1.807) is 24.3 Å². The summed E-state index contributed by atoms with van der Waals surface area (Å²) in [5.74, 6) is -5.11. The first-order valence-electron chi connectivity index (χ1n) is 16.7. The zero-order valence-electron chi connectivity index (χ0n) is 28.2. The van der Waals surface area contributed by atoms with E-state index in [0.29, 0.717) is 0 Å². The van der Waals surface area contributed by atoms with Crippen molar-refractivity contribution in [3.63, 3.8) is 0 Å². The minimum absolute atomic E-state index is 0.0205. The Labute approximate surface area is 285 Å². The summed E-state index contributed by atoms with van der Waals surface area (Å²) in [6, 6.07) is 7.27. The highest BCUT2D eigenvalue weighted by Gasteiger charge is 2.44. The molecule has 2 fully saturated rings. The second-order valence-corrected chi connectivity index (χ2v) is 13.8. The van der Waals surface area contributed by atoms with E-state index in [9.17, 15) is 33.9 Å². The standard InChI is InChI=1S/C35H46N6O8/c1-35(2,3)25(16-28(42)30(23-12-8-5-9-13-23)40-32(45)26-17-36-14-15-37-26)31(44)39-27-20-41(19-24(27)33(46)47)29(43)18-38-34(48)49-21-22-10-6-4-7-11-22/h4,6-7,10-11,14-15,17,23-25,27,30H,5,8-9,12-13,16,18-21H2,1-3H3,(H,38,48)(H,39,44)(H,40,45)(H,46,47)/t24-,25-,27+,30+/m1/s1. The molecular formula is C35H46N6O8. The number of alkyl carbamates (subject to hydrolysis) is 1. The molecule has 264 valence electrons. The summed E-state index contributed by atoms with van der Waals surface area (Å²) < 4.78 is 5.13. The number of rotatable bonds is 13. The van der Waals surface area contributed by atoms with Gasteiger partial charge in [-0.25, -0.2) is 9.78 Å². The van der Waals surface area contributed by atoms with Gasteiger partial charge in [-0.2, -0.15) is 0 Å². The van der Waals surface area contributed by atoms with E-state index in [-0.39, 0.29) is 43.5 Å². The summed E-state index contributed by atoms with van der Waals surface area (Å²) in [5, 5.41) is 18.0. The van der Waals surface area contributed by atoms with Gasteiger partial charge in [0.2, 0.25) is 11.8 Å². The smallest absolute Gasteiger partial charge is 0.407 e. The maximum absolute atomic E-state index is 14.0. The van der Waals surface area contributed by atoms with Crippen molar-refractivity contribution in [1.82, 2.24) is 30.8 Å². The molecule has 0 radical (unpaired) electrons. The molecule has 14 heteroatoms. The molecule has 4 amide bonds. The molecule has 0 spiro atoms. The van der Waals surface area contributed by atoms with Gasteiger partial charge in [0.25, 0.3) is 5.91 Å². The molecule has 1 aromatic heterocycles. The lowest BCUT2D eigenvalue weighted by molar-refractivity contribution is -0.142. The number of hydrogen-bond acceptors (Lipinski definition) is 9. The van der Waals surface area contributed by atoms with Crippen LogP contribution >= 0.6 is 0 Å². The topological polar surface area (TPSA) is 197 Å². The van der Waals surface area contributed by atoms with E-state index in [1.165, 1.54) is 23.5 Å². The summed E-state index contributed by atoms with van der Waals surface area (Å²) in [7, 11) is 0. The molecule has 2 aliphatic rings. The van der Waals surface area contributed by atoms with E-state index < -0.39 is 65.7 Å². The first-order valence-corrected chi connectivity index (χ1v) is 16.7. The molecule has 2 aromatic rings. The molecule has 4 atom stereocenters. The third-order valence-electron chi connectivity index (χ3n) is 9.23. The summed E-state index contributed by atoms with van der Waals surface area (Å²) in [4.78, 5) is 87.4. The number of aliphatic carboxylic acids is 1. The number of amides is 4. The van der Waals surface area contributed by atoms with Gasteiger partial charge in [0.1, 0.15) is 18.8 Å². The van der Waals surface area contributed by atoms with Crippen LogP contribution in [0.5, 0.6) is 0 Å². The Kier molecular flexibility index (Phi) is 12.8. The number of carbonyl (C=O) groups excluding carboxylic acids is 5. The highest BCUT2D eigenvalue weighted by atomic mass is 16.5. The number of nitrogens with zero attached hydrogens (tertiary/aromatic N) is 3. The summed E-state index contributed by atoms with van der Waals surface area (Å²) in [5.41, 5.74) is 0.154. The number of aromatic nitrogens is 2. The van der Waals surface area contributed by atoms with Gasteiger partial charge in [-0.1, -0.05) is 70.4 Å². The van der Waals surface area contributed by atoms with Crippen molar-refractivity contribution in [2.75, 3.05) is 19.6 Å². The number of carboxylic acid groups (broad SMARTS) is 1. The van der Waals surface area contributed by atoms with Crippen LogP contribution in [0.15, 0.2) is 48.9 Å². The van der Waals surface area contributed by atoms with Gasteiger partial charge in [-0.3, -0.25) is 29.0 Å². The molecule has 1 saturated heterocycles. The van der Waals surface area contributed by atoms with Crippen LogP contribution in [0.3, 0.4) is 0 Å². The van der Waals surface area contributed by atoms with Gasteiger partial charge in [-0.15, -0.1) is 0 Å². The SMILES string of the molecule is CC(C)(C)[C@H](CC(=O)[C@@H](NC(=O)c1cnccn1)C1CCCCC1)C(=O)N[C@H]1CN(C(=O)CNC(=O)OCc2ccccc2)C[C@H]1C(=O)O. The average molecular weight is 679 g/mol. The maximum Gasteiger partial charge on any atom is 0.407 e. The van der Waals surface area contributed by atoms with Crippen molar-refractivity contribution in [2.24, 2.45) is 23.2 Å². The normalized spacial score (nSPS) is 19.3. The third kappa shape index (κ3) is 10.6. The van der Waals surface area contributed by atoms with E-state index >= 15 is 0 Å². The van der Waals surface area contributed by atoms with Gasteiger partial charge in [0.05, 0.1) is 24.2 Å². The van der Waals surface area contributed by atoms with Crippen LogP contribution < -0.4 is 16.0 Å². The largest absolute Gasteiger partial charge is 0.481 e. The van der Waals surface area contributed by atoms with Crippen LogP contribution in [-0.2, 0) is 30.5 Å². The molecule has 4 rings (SSSR count). The number of ether oxygens (including phenoxy) is 1. The molecule has 0 unspecified atom stereocenters. The number of Topliss-reactive ketones (excluding diaryl/α,β-unsaturated/α-hetero) is 1. The zero-order valence-corrected chi connectivity index (χ0v) is 28.2. The van der Waals surface area contributed by atoms with Gasteiger partial charge in [0.15, 0.2) is 5.78 Å². The molecule has 1 saturated carbocycles. The molecule has 1 aromatic carbocycles. The van der Waals surface area contributed by atoms with Crippen LogP contribution in [0, 0.1) is 23.2 Å². The fourth-order valence-electron chi connectivity index (χ4n) is 6.40. The number of likely N-dealkylation sites (tertiary alicyclic amines) is 1. The Morgan fingerprint density at radius 3 is 2.35 bits per heavy atom. The van der Waals surface area contributed by atoms with Crippen LogP contribution in [0.25, 0.3) is 0 Å². The highest BCUT2D eigenvalue weighted by Crippen LogP contribution is 2.33. The lowest BCUT2D eigenvalue weighted by Crippen LogP contribution is -2.51. The maximum atomic E-state index is 14.0. The third-order valence-corrected chi connectivity index (χ3v) is 9.23. The Morgan fingerprint density at radius 1 is 1.00 bits per heavy atom. The lowest BCUT2D eigenvalue weighted by Gasteiger charge is -2.34. The van der Waals surface area contributed by atoms with Crippen LogP contribution in [0.2, 0.25) is 0 Å². The van der Waals surface area contributed by atoms with E-state index in [1.807, 2.05) is 26.8 Å². The molecule has 14 nitrogen and oxygen atoms in total. The molecule has 0 bridgehead atoms. The Bertz CT molecular complexity index is 1480. The summed E-state index contributed by atoms with van der Waals surface area (Å²) >= 11 is 0. The van der Waals surface area contributed by atoms with Crippen LogP contribution in [0.1, 0.15) is 75.3 Å². The zero-order chi connectivity index (χ0) is 35.6. The number of carbonyl (C=O) groups is 6. The van der Waals surface area contributed by atoms with Crippen molar-refractivity contribution in [2.45, 2.75) is 78.0 Å². The Hall–Kier alpha value is -4.88. The fraction of sp³-hybridized carbons (Fsp3) is 0.543.